The van der Waals surface area contributed by atoms with Crippen molar-refractivity contribution in [2.75, 3.05) is 31.2 Å². The standard InChI is InChI=1S/C26H32BrClN2O6/c1-3-12-29(18-11-7-6-10-17(18)28)24(33)22-26-15-16(27)21(36-26)19(25(34)35-4-2)20(26)23(32)30(22)13-8-5-9-14-31/h3,6-7,10-11,16,19-22,31H,1,4-5,8-9,12-15H2,2H3/t16?,19-,20+,21-,22-,26+/m0/s1. The lowest BCUT2D eigenvalue weighted by Gasteiger charge is -2.37. The number of hydrogen-bond acceptors (Lipinski definition) is 6. The fraction of sp³-hybridized carbons (Fsp3) is 0.577. The molecule has 0 aliphatic carbocycles. The number of aliphatic hydroxyl groups excluding tert-OH is 1. The van der Waals surface area contributed by atoms with Gasteiger partial charge in [-0.15, -0.1) is 6.58 Å². The molecule has 0 radical (unpaired) electrons. The van der Waals surface area contributed by atoms with Crippen molar-refractivity contribution >= 4 is 51.0 Å². The van der Waals surface area contributed by atoms with Gasteiger partial charge >= 0.3 is 5.97 Å². The molecular weight excluding hydrogens is 552 g/mol. The second-order valence-electron chi connectivity index (χ2n) is 9.42. The van der Waals surface area contributed by atoms with Gasteiger partial charge in [-0.25, -0.2) is 0 Å². The molecule has 3 aliphatic heterocycles. The number of ether oxygens (including phenoxy) is 2. The molecule has 36 heavy (non-hydrogen) atoms. The molecular formula is C26H32BrClN2O6. The van der Waals surface area contributed by atoms with Crippen molar-refractivity contribution in [1.82, 2.24) is 4.90 Å². The van der Waals surface area contributed by atoms with Crippen molar-refractivity contribution in [1.29, 1.82) is 0 Å². The molecule has 3 fully saturated rings. The number of fused-ring (bicyclic) bond motifs is 1. The number of alkyl halides is 1. The van der Waals surface area contributed by atoms with Crippen LogP contribution in [0.5, 0.6) is 0 Å². The van der Waals surface area contributed by atoms with Crippen LogP contribution in [0.15, 0.2) is 36.9 Å². The van der Waals surface area contributed by atoms with Crippen LogP contribution in [0.1, 0.15) is 32.6 Å². The summed E-state index contributed by atoms with van der Waals surface area (Å²) in [7, 11) is 0. The lowest BCUT2D eigenvalue weighted by Crippen LogP contribution is -2.57. The molecule has 3 heterocycles. The van der Waals surface area contributed by atoms with Gasteiger partial charge in [0, 0.05) is 24.5 Å². The number of benzene rings is 1. The van der Waals surface area contributed by atoms with Crippen molar-refractivity contribution in [3.05, 3.63) is 41.9 Å². The Morgan fingerprint density at radius 3 is 2.78 bits per heavy atom. The topological polar surface area (TPSA) is 96.4 Å². The maximum Gasteiger partial charge on any atom is 0.312 e. The third-order valence-electron chi connectivity index (χ3n) is 7.36. The summed E-state index contributed by atoms with van der Waals surface area (Å²) >= 11 is 10.1. The van der Waals surface area contributed by atoms with Crippen molar-refractivity contribution in [3.8, 4) is 0 Å². The third kappa shape index (κ3) is 4.48. The molecule has 4 rings (SSSR count). The number of esters is 1. The molecule has 1 N–H and O–H groups in total. The van der Waals surface area contributed by atoms with Gasteiger partial charge in [0.25, 0.3) is 5.91 Å². The van der Waals surface area contributed by atoms with Crippen molar-refractivity contribution < 1.29 is 29.0 Å². The Hall–Kier alpha value is -1.94. The number of anilines is 1. The second kappa shape index (κ2) is 11.2. The van der Waals surface area contributed by atoms with Gasteiger partial charge in [0.1, 0.15) is 11.6 Å². The Balaban J connectivity index is 1.76. The molecule has 1 aromatic carbocycles. The van der Waals surface area contributed by atoms with Gasteiger partial charge in [-0.3, -0.25) is 14.4 Å². The number of rotatable bonds is 11. The molecule has 2 bridgehead atoms. The Morgan fingerprint density at radius 1 is 1.36 bits per heavy atom. The fourth-order valence-corrected chi connectivity index (χ4v) is 7.16. The molecule has 3 aliphatic rings. The maximum absolute atomic E-state index is 14.3. The number of carbonyl (C=O) groups is 3. The summed E-state index contributed by atoms with van der Waals surface area (Å²) in [5, 5.41) is 9.59. The molecule has 196 valence electrons. The summed E-state index contributed by atoms with van der Waals surface area (Å²) in [5.74, 6) is -2.67. The Morgan fingerprint density at radius 2 is 2.11 bits per heavy atom. The predicted octanol–water partition coefficient (Wildman–Crippen LogP) is 3.33. The number of likely N-dealkylation sites (tertiary alicyclic amines) is 1. The molecule has 1 unspecified atom stereocenters. The van der Waals surface area contributed by atoms with Crippen LogP contribution in [0.4, 0.5) is 5.69 Å². The Bertz CT molecular complexity index is 1020. The average molecular weight is 584 g/mol. The van der Waals surface area contributed by atoms with Crippen LogP contribution in [0.3, 0.4) is 0 Å². The summed E-state index contributed by atoms with van der Waals surface area (Å²) in [5.41, 5.74) is -0.649. The smallest absolute Gasteiger partial charge is 0.312 e. The van der Waals surface area contributed by atoms with Gasteiger partial charge < -0.3 is 24.4 Å². The zero-order chi connectivity index (χ0) is 26.0. The van der Waals surface area contributed by atoms with Crippen LogP contribution in [-0.4, -0.2) is 76.7 Å². The number of aliphatic hydroxyl groups is 1. The normalized spacial score (nSPS) is 30.4. The monoisotopic (exact) mass is 582 g/mol. The first-order valence-electron chi connectivity index (χ1n) is 12.4. The largest absolute Gasteiger partial charge is 0.466 e. The minimum Gasteiger partial charge on any atom is -0.466 e. The highest BCUT2D eigenvalue weighted by molar-refractivity contribution is 9.09. The van der Waals surface area contributed by atoms with E-state index < -0.39 is 35.6 Å². The van der Waals surface area contributed by atoms with Gasteiger partial charge in [0.2, 0.25) is 5.91 Å². The van der Waals surface area contributed by atoms with Crippen LogP contribution >= 0.6 is 27.5 Å². The first kappa shape index (κ1) is 27.1. The van der Waals surface area contributed by atoms with Crippen LogP contribution in [0.25, 0.3) is 0 Å². The first-order valence-corrected chi connectivity index (χ1v) is 13.7. The molecule has 3 saturated heterocycles. The lowest BCUT2D eigenvalue weighted by molar-refractivity contribution is -0.154. The quantitative estimate of drug-likeness (QED) is 0.186. The highest BCUT2D eigenvalue weighted by atomic mass is 79.9. The van der Waals surface area contributed by atoms with E-state index in [-0.39, 0.29) is 36.4 Å². The summed E-state index contributed by atoms with van der Waals surface area (Å²) in [6, 6.07) is 6.09. The van der Waals surface area contributed by atoms with Gasteiger partial charge in [-0.05, 0) is 44.7 Å². The molecule has 10 heteroatoms. The van der Waals surface area contributed by atoms with E-state index in [4.69, 9.17) is 21.1 Å². The minimum absolute atomic E-state index is 0.0590. The van der Waals surface area contributed by atoms with Gasteiger partial charge in [0.05, 0.1) is 35.3 Å². The molecule has 0 saturated carbocycles. The van der Waals surface area contributed by atoms with Crippen LogP contribution in [-0.2, 0) is 23.9 Å². The summed E-state index contributed by atoms with van der Waals surface area (Å²) < 4.78 is 11.8. The number of unbranched alkanes of at least 4 members (excludes halogenated alkanes) is 2. The molecule has 6 atom stereocenters. The van der Waals surface area contributed by atoms with E-state index in [2.05, 4.69) is 22.5 Å². The molecule has 0 aromatic heterocycles. The number of carbonyl (C=O) groups excluding carboxylic acids is 3. The zero-order valence-corrected chi connectivity index (χ0v) is 22.6. The van der Waals surface area contributed by atoms with Gasteiger partial charge in [0.15, 0.2) is 0 Å². The van der Waals surface area contributed by atoms with Crippen LogP contribution < -0.4 is 4.90 Å². The van der Waals surface area contributed by atoms with E-state index >= 15 is 0 Å². The third-order valence-corrected chi connectivity index (χ3v) is 8.52. The Kier molecular flexibility index (Phi) is 8.44. The van der Waals surface area contributed by atoms with Crippen molar-refractivity contribution in [3.63, 3.8) is 0 Å². The SMILES string of the molecule is C=CCN(C(=O)[C@@H]1N(CCCCCO)C(=O)[C@H]2[C@H](C(=O)OCC)[C@H]3O[C@@]12CC3Br)c1ccccc1Cl. The van der Waals surface area contributed by atoms with E-state index in [0.717, 1.165) is 0 Å². The van der Waals surface area contributed by atoms with Crippen LogP contribution in [0.2, 0.25) is 5.02 Å². The van der Waals surface area contributed by atoms with E-state index in [1.807, 2.05) is 0 Å². The number of amides is 2. The van der Waals surface area contributed by atoms with E-state index in [1.54, 1.807) is 42.2 Å². The second-order valence-corrected chi connectivity index (χ2v) is 11.0. The van der Waals surface area contributed by atoms with E-state index in [1.165, 1.54) is 4.90 Å². The van der Waals surface area contributed by atoms with Crippen LogP contribution in [0, 0.1) is 11.8 Å². The highest BCUT2D eigenvalue weighted by Gasteiger charge is 2.77. The Labute approximate surface area is 224 Å². The zero-order valence-electron chi connectivity index (χ0n) is 20.3. The molecule has 1 spiro atoms. The number of nitrogens with zero attached hydrogens (tertiary/aromatic N) is 2. The number of hydrogen-bond donors (Lipinski definition) is 1. The van der Waals surface area contributed by atoms with E-state index in [9.17, 15) is 19.5 Å². The summed E-state index contributed by atoms with van der Waals surface area (Å²) in [6.45, 7) is 6.28. The van der Waals surface area contributed by atoms with Gasteiger partial charge in [-0.2, -0.15) is 0 Å². The summed E-state index contributed by atoms with van der Waals surface area (Å²) in [6.07, 6.45) is 3.38. The van der Waals surface area contributed by atoms with Crippen molar-refractivity contribution in [2.24, 2.45) is 11.8 Å². The fourth-order valence-electron chi connectivity index (χ4n) is 5.98. The molecule has 8 nitrogen and oxygen atoms in total. The molecule has 2 amide bonds. The highest BCUT2D eigenvalue weighted by Crippen LogP contribution is 2.60. The van der Waals surface area contributed by atoms with Crippen molar-refractivity contribution in [2.45, 2.75) is 55.2 Å². The minimum atomic E-state index is -1.16. The van der Waals surface area contributed by atoms with Gasteiger partial charge in [-0.1, -0.05) is 45.7 Å². The first-order chi connectivity index (χ1) is 17.3. The lowest BCUT2D eigenvalue weighted by atomic mass is 9.70. The molecule has 1 aromatic rings. The number of halogens is 2. The maximum atomic E-state index is 14.3. The van der Waals surface area contributed by atoms with E-state index in [0.29, 0.717) is 42.9 Å². The summed E-state index contributed by atoms with van der Waals surface area (Å²) in [4.78, 5) is 44.2. The predicted molar refractivity (Wildman–Crippen MR) is 139 cm³/mol. The average Bonchev–Trinajstić information content (AvgIpc) is 3.44. The number of para-hydroxylation sites is 1.